The van der Waals surface area contributed by atoms with Gasteiger partial charge in [0.15, 0.2) is 6.29 Å². The van der Waals surface area contributed by atoms with E-state index in [0.717, 1.165) is 0 Å². The molecule has 148 valence electrons. The van der Waals surface area contributed by atoms with Crippen molar-refractivity contribution in [1.82, 2.24) is 0 Å². The van der Waals surface area contributed by atoms with Gasteiger partial charge >= 0.3 is 15.6 Å². The number of benzene rings is 1. The quantitative estimate of drug-likeness (QED) is 0.248. The van der Waals surface area contributed by atoms with Gasteiger partial charge in [0, 0.05) is 10.5 Å². The average molecular weight is 409 g/mol. The molecule has 0 aliphatic carbocycles. The van der Waals surface area contributed by atoms with Crippen molar-refractivity contribution in [2.24, 2.45) is 5.11 Å². The molecule has 2 fully saturated rings. The van der Waals surface area contributed by atoms with Crippen molar-refractivity contribution < 1.29 is 40.0 Å². The smallest absolute Gasteiger partial charge is 0.372 e. The Morgan fingerprint density at radius 1 is 1.19 bits per heavy atom. The van der Waals surface area contributed by atoms with Gasteiger partial charge < -0.3 is 14.2 Å². The third-order valence-electron chi connectivity index (χ3n) is 4.04. The molecule has 0 N–H and O–H groups in total. The lowest BCUT2D eigenvalue weighted by Crippen LogP contribution is -2.59. The summed E-state index contributed by atoms with van der Waals surface area (Å²) in [6, 6.07) is 7.16. The van der Waals surface area contributed by atoms with Gasteiger partial charge in [-0.1, -0.05) is 35.4 Å². The van der Waals surface area contributed by atoms with Crippen LogP contribution in [0.4, 0.5) is 13.2 Å². The number of halogens is 3. The molecule has 0 aromatic heterocycles. The molecular weight excluding hydrogens is 395 g/mol. The second-order valence-electron chi connectivity index (χ2n) is 5.78. The average Bonchev–Trinajstić information content (AvgIpc) is 2.63. The predicted molar refractivity (Wildman–Crippen MR) is 82.5 cm³/mol. The number of fused-ring (bicyclic) bond motifs is 1. The Hall–Kier alpha value is -1.89. The van der Waals surface area contributed by atoms with E-state index in [-0.39, 0.29) is 13.2 Å². The van der Waals surface area contributed by atoms with Gasteiger partial charge in [0.05, 0.1) is 19.3 Å². The number of alkyl halides is 3. The molecule has 2 saturated heterocycles. The molecule has 0 saturated carbocycles. The summed E-state index contributed by atoms with van der Waals surface area (Å²) in [4.78, 5) is 2.52. The maximum Gasteiger partial charge on any atom is 0.523 e. The minimum Gasteiger partial charge on any atom is -0.372 e. The van der Waals surface area contributed by atoms with Crippen molar-refractivity contribution in [3.8, 4) is 0 Å². The van der Waals surface area contributed by atoms with Crippen LogP contribution in [0.25, 0.3) is 10.4 Å². The van der Waals surface area contributed by atoms with E-state index in [1.165, 1.54) is 0 Å². The molecular formula is C14H14F3N3O6S. The molecule has 2 aliphatic heterocycles. The molecule has 0 bridgehead atoms. The minimum atomic E-state index is -5.94. The predicted octanol–water partition coefficient (Wildman–Crippen LogP) is 2.41. The van der Waals surface area contributed by atoms with Crippen LogP contribution in [-0.2, 0) is 28.5 Å². The van der Waals surface area contributed by atoms with Gasteiger partial charge in [0.2, 0.25) is 0 Å². The third-order valence-corrected chi connectivity index (χ3v) is 5.08. The van der Waals surface area contributed by atoms with Crippen molar-refractivity contribution >= 4 is 10.1 Å². The van der Waals surface area contributed by atoms with Gasteiger partial charge in [-0.15, -0.1) is 0 Å². The molecule has 0 amide bonds. The summed E-state index contributed by atoms with van der Waals surface area (Å²) in [5.74, 6) is 0. The second kappa shape index (κ2) is 7.62. The first-order chi connectivity index (χ1) is 12.7. The first-order valence-corrected chi connectivity index (χ1v) is 9.11. The van der Waals surface area contributed by atoms with Gasteiger partial charge in [0.25, 0.3) is 0 Å². The Labute approximate surface area is 151 Å². The monoisotopic (exact) mass is 409 g/mol. The van der Waals surface area contributed by atoms with Crippen molar-refractivity contribution in [2.75, 3.05) is 13.2 Å². The zero-order chi connectivity index (χ0) is 19.7. The van der Waals surface area contributed by atoms with Crippen LogP contribution in [-0.4, -0.2) is 51.5 Å². The van der Waals surface area contributed by atoms with E-state index in [9.17, 15) is 21.6 Å². The van der Waals surface area contributed by atoms with Gasteiger partial charge in [-0.3, -0.25) is 4.18 Å². The summed E-state index contributed by atoms with van der Waals surface area (Å²) in [5, 5.41) is 3.30. The van der Waals surface area contributed by atoms with Crippen LogP contribution in [0.15, 0.2) is 35.4 Å². The largest absolute Gasteiger partial charge is 0.523 e. The van der Waals surface area contributed by atoms with Crippen molar-refractivity contribution in [2.45, 2.75) is 36.2 Å². The normalized spacial score (nSPS) is 31.6. The Bertz CT molecular complexity index is 815. The number of nitrogens with zero attached hydrogens (tertiary/aromatic N) is 3. The maximum atomic E-state index is 12.8. The lowest BCUT2D eigenvalue weighted by molar-refractivity contribution is -0.298. The highest BCUT2D eigenvalue weighted by atomic mass is 32.2. The summed E-state index contributed by atoms with van der Waals surface area (Å²) in [7, 11) is -5.94. The molecule has 9 nitrogen and oxygen atoms in total. The van der Waals surface area contributed by atoms with Crippen LogP contribution in [0.5, 0.6) is 0 Å². The fourth-order valence-electron chi connectivity index (χ4n) is 2.78. The first-order valence-electron chi connectivity index (χ1n) is 7.70. The summed E-state index contributed by atoms with van der Waals surface area (Å²) in [5.41, 5.74) is 3.57. The lowest BCUT2D eigenvalue weighted by Gasteiger charge is -2.44. The van der Waals surface area contributed by atoms with Crippen molar-refractivity contribution in [3.63, 3.8) is 0 Å². The fourth-order valence-corrected chi connectivity index (χ4v) is 3.42. The molecule has 3 rings (SSSR count). The van der Waals surface area contributed by atoms with Crippen LogP contribution in [0, 0.1) is 0 Å². The molecule has 5 atom stereocenters. The van der Waals surface area contributed by atoms with Gasteiger partial charge in [-0.05, 0) is 5.53 Å². The summed E-state index contributed by atoms with van der Waals surface area (Å²) in [6.45, 7) is -0.412. The first kappa shape index (κ1) is 19.9. The molecule has 0 radical (unpaired) electrons. The number of ether oxygens (including phenoxy) is 3. The van der Waals surface area contributed by atoms with Gasteiger partial charge in [0.1, 0.15) is 18.3 Å². The summed E-state index contributed by atoms with van der Waals surface area (Å²) < 4.78 is 82.1. The zero-order valence-corrected chi connectivity index (χ0v) is 14.3. The fraction of sp³-hybridized carbons (Fsp3) is 0.571. The number of rotatable bonds is 4. The highest BCUT2D eigenvalue weighted by molar-refractivity contribution is 7.87. The molecule has 3 unspecified atom stereocenters. The molecule has 27 heavy (non-hydrogen) atoms. The van der Waals surface area contributed by atoms with E-state index in [2.05, 4.69) is 14.2 Å². The summed E-state index contributed by atoms with van der Waals surface area (Å²) in [6.07, 6.45) is -4.84. The molecule has 0 spiro atoms. The molecule has 13 heteroatoms. The topological polar surface area (TPSA) is 120 Å². The van der Waals surface area contributed by atoms with Crippen molar-refractivity contribution in [3.05, 3.63) is 46.3 Å². The van der Waals surface area contributed by atoms with E-state index in [4.69, 9.17) is 19.7 Å². The molecule has 2 aliphatic rings. The molecule has 2 heterocycles. The van der Waals surface area contributed by atoms with Crippen LogP contribution >= 0.6 is 0 Å². The Kier molecular flexibility index (Phi) is 5.60. The highest BCUT2D eigenvalue weighted by Crippen LogP contribution is 2.36. The van der Waals surface area contributed by atoms with Gasteiger partial charge in [-0.2, -0.15) is 21.6 Å². The molecule has 1 aromatic rings. The second-order valence-corrected chi connectivity index (χ2v) is 7.35. The van der Waals surface area contributed by atoms with E-state index in [1.54, 1.807) is 30.3 Å². The number of azide groups is 1. The van der Waals surface area contributed by atoms with Crippen LogP contribution < -0.4 is 0 Å². The zero-order valence-electron chi connectivity index (χ0n) is 13.5. The Balaban J connectivity index is 1.89. The standard InChI is InChI=1S/C14H14F3N3O6S/c15-14(16,17)27(21,22)26-11-9(19-20-18)6-23-10-7-24-13(25-12(10)11)8-4-2-1-3-5-8/h1-5,9-13H,6-7H2/t9?,10?,11-,12-,13?/m1/s1. The highest BCUT2D eigenvalue weighted by Gasteiger charge is 2.54. The van der Waals surface area contributed by atoms with Crippen LogP contribution in [0.1, 0.15) is 11.9 Å². The van der Waals surface area contributed by atoms with E-state index >= 15 is 0 Å². The SMILES string of the molecule is [N-]=[N+]=NC1COC2COC(c3ccccc3)O[C@H]2[C@@H]1OS(=O)(=O)C(F)(F)F. The lowest BCUT2D eigenvalue weighted by atomic mass is 9.97. The van der Waals surface area contributed by atoms with Gasteiger partial charge in [-0.25, -0.2) is 0 Å². The summed E-state index contributed by atoms with van der Waals surface area (Å²) >= 11 is 0. The van der Waals surface area contributed by atoms with E-state index < -0.39 is 46.3 Å². The molecule has 1 aromatic carbocycles. The number of hydrogen-bond acceptors (Lipinski definition) is 7. The Morgan fingerprint density at radius 2 is 1.89 bits per heavy atom. The van der Waals surface area contributed by atoms with Crippen LogP contribution in [0.3, 0.4) is 0 Å². The van der Waals surface area contributed by atoms with Crippen LogP contribution in [0.2, 0.25) is 0 Å². The van der Waals surface area contributed by atoms with E-state index in [1.807, 2.05) is 0 Å². The maximum absolute atomic E-state index is 12.8. The Morgan fingerprint density at radius 3 is 2.52 bits per heavy atom. The third kappa shape index (κ3) is 4.18. The van der Waals surface area contributed by atoms with E-state index in [0.29, 0.717) is 5.56 Å². The van der Waals surface area contributed by atoms with Crippen molar-refractivity contribution in [1.29, 1.82) is 0 Å². The number of hydrogen-bond donors (Lipinski definition) is 0. The minimum absolute atomic E-state index is 0.0703.